The average molecular weight is 298 g/mol. The molecular weight excluding hydrogens is 284 g/mol. The van der Waals surface area contributed by atoms with Crippen molar-refractivity contribution in [2.75, 3.05) is 12.3 Å². The van der Waals surface area contributed by atoms with Crippen LogP contribution >= 0.6 is 0 Å². The number of nitrogens with zero attached hydrogens (tertiary/aromatic N) is 3. The standard InChI is InChI=1S/C10H14N6O5/c11-9-14-6-3(7(20)15-9)13-2-16(6)8-4(18)5(19)10(12,1-17)21-8/h2,4-5,8,17-19H,1,12H2,(H3,11,14,15,20)/t4-,5+,8-,10-/m1/s1. The molecule has 11 nitrogen and oxygen atoms in total. The molecule has 2 aromatic rings. The van der Waals surface area contributed by atoms with E-state index in [1.807, 2.05) is 0 Å². The summed E-state index contributed by atoms with van der Waals surface area (Å²) in [6.45, 7) is -0.704. The molecule has 0 bridgehead atoms. The third kappa shape index (κ3) is 1.91. The molecule has 0 saturated carbocycles. The summed E-state index contributed by atoms with van der Waals surface area (Å²) in [7, 11) is 0. The molecule has 0 unspecified atom stereocenters. The van der Waals surface area contributed by atoms with Crippen molar-refractivity contribution in [3.05, 3.63) is 16.7 Å². The molecular formula is C10H14N6O5. The lowest BCUT2D eigenvalue weighted by Crippen LogP contribution is -2.54. The Morgan fingerprint density at radius 1 is 1.52 bits per heavy atom. The Bertz CT molecular complexity index is 743. The third-order valence-corrected chi connectivity index (χ3v) is 3.43. The molecule has 1 aliphatic rings. The monoisotopic (exact) mass is 298 g/mol. The first-order valence-corrected chi connectivity index (χ1v) is 6.03. The third-order valence-electron chi connectivity index (χ3n) is 3.43. The minimum absolute atomic E-state index is 0.00647. The number of rotatable bonds is 2. The number of nitrogen functional groups attached to an aromatic ring is 1. The first kappa shape index (κ1) is 13.9. The van der Waals surface area contributed by atoms with Gasteiger partial charge in [-0.1, -0.05) is 0 Å². The van der Waals surface area contributed by atoms with Gasteiger partial charge in [-0.3, -0.25) is 20.1 Å². The molecule has 3 heterocycles. The van der Waals surface area contributed by atoms with Gasteiger partial charge in [-0.05, 0) is 0 Å². The molecule has 11 heteroatoms. The Kier molecular flexibility index (Phi) is 2.96. The summed E-state index contributed by atoms with van der Waals surface area (Å²) in [5, 5.41) is 29.1. The molecule has 114 valence electrons. The van der Waals surface area contributed by atoms with E-state index >= 15 is 0 Å². The number of nitrogens with two attached hydrogens (primary N) is 2. The Morgan fingerprint density at radius 3 is 2.86 bits per heavy atom. The largest absolute Gasteiger partial charge is 0.392 e. The van der Waals surface area contributed by atoms with Crippen LogP contribution < -0.4 is 17.0 Å². The van der Waals surface area contributed by atoms with Gasteiger partial charge in [0.25, 0.3) is 5.56 Å². The Hall–Kier alpha value is -2.05. The van der Waals surface area contributed by atoms with E-state index in [4.69, 9.17) is 16.2 Å². The number of fused-ring (bicyclic) bond motifs is 1. The zero-order valence-corrected chi connectivity index (χ0v) is 10.7. The van der Waals surface area contributed by atoms with Crippen LogP contribution in [-0.2, 0) is 4.74 Å². The summed E-state index contributed by atoms with van der Waals surface area (Å²) in [6.07, 6.45) is -2.93. The molecule has 1 saturated heterocycles. The van der Waals surface area contributed by atoms with Gasteiger partial charge in [-0.15, -0.1) is 0 Å². The molecule has 21 heavy (non-hydrogen) atoms. The van der Waals surface area contributed by atoms with Crippen molar-refractivity contribution < 1.29 is 20.1 Å². The number of aromatic amines is 1. The van der Waals surface area contributed by atoms with Crippen molar-refractivity contribution in [3.63, 3.8) is 0 Å². The molecule has 4 atom stereocenters. The van der Waals surface area contributed by atoms with Gasteiger partial charge in [0.2, 0.25) is 5.95 Å². The molecule has 8 N–H and O–H groups in total. The number of ether oxygens (including phenoxy) is 1. The topological polar surface area (TPSA) is 186 Å². The maximum atomic E-state index is 11.7. The highest BCUT2D eigenvalue weighted by Crippen LogP contribution is 2.34. The maximum absolute atomic E-state index is 11.7. The lowest BCUT2D eigenvalue weighted by Gasteiger charge is -2.24. The molecule has 0 radical (unpaired) electrons. The number of anilines is 1. The number of imidazole rings is 1. The number of hydrogen-bond acceptors (Lipinski definition) is 9. The number of hydrogen-bond donors (Lipinski definition) is 6. The molecule has 1 aliphatic heterocycles. The zero-order chi connectivity index (χ0) is 15.4. The summed E-state index contributed by atoms with van der Waals surface area (Å²) in [4.78, 5) is 21.8. The van der Waals surface area contributed by atoms with Crippen LogP contribution in [0.5, 0.6) is 0 Å². The smallest absolute Gasteiger partial charge is 0.280 e. The number of aliphatic hydroxyl groups is 3. The van der Waals surface area contributed by atoms with Gasteiger partial charge in [0.15, 0.2) is 23.1 Å². The van der Waals surface area contributed by atoms with Gasteiger partial charge in [-0.25, -0.2) is 4.98 Å². The molecule has 0 aliphatic carbocycles. The van der Waals surface area contributed by atoms with E-state index in [0.29, 0.717) is 0 Å². The van der Waals surface area contributed by atoms with Crippen molar-refractivity contribution >= 4 is 17.1 Å². The van der Waals surface area contributed by atoms with E-state index in [2.05, 4.69) is 15.0 Å². The second-order valence-corrected chi connectivity index (χ2v) is 4.83. The van der Waals surface area contributed by atoms with E-state index in [1.54, 1.807) is 0 Å². The SMILES string of the molecule is Nc1nc2c(ncn2[C@@H]2O[C@](N)(CO)[C@@H](O)[C@H]2O)c(=O)[nH]1. The second-order valence-electron chi connectivity index (χ2n) is 4.83. The summed E-state index contributed by atoms with van der Waals surface area (Å²) >= 11 is 0. The lowest BCUT2D eigenvalue weighted by atomic mass is 10.1. The van der Waals surface area contributed by atoms with E-state index in [-0.39, 0.29) is 17.1 Å². The van der Waals surface area contributed by atoms with Crippen LogP contribution in [0, 0.1) is 0 Å². The van der Waals surface area contributed by atoms with Crippen LogP contribution in [0.4, 0.5) is 5.95 Å². The highest BCUT2D eigenvalue weighted by atomic mass is 16.6. The summed E-state index contributed by atoms with van der Waals surface area (Å²) in [5.41, 5.74) is 8.81. The van der Waals surface area contributed by atoms with Gasteiger partial charge in [0.05, 0.1) is 12.9 Å². The van der Waals surface area contributed by atoms with E-state index in [0.717, 1.165) is 0 Å². The predicted molar refractivity (Wildman–Crippen MR) is 68.7 cm³/mol. The molecule has 0 amide bonds. The Labute approximate surface area is 116 Å². The van der Waals surface area contributed by atoms with Crippen molar-refractivity contribution in [2.45, 2.75) is 24.2 Å². The van der Waals surface area contributed by atoms with E-state index in [9.17, 15) is 20.1 Å². The van der Waals surface area contributed by atoms with Crippen molar-refractivity contribution in [1.82, 2.24) is 19.5 Å². The quantitative estimate of drug-likeness (QED) is 0.328. The van der Waals surface area contributed by atoms with Crippen LogP contribution in [0.15, 0.2) is 11.1 Å². The molecule has 2 aromatic heterocycles. The van der Waals surface area contributed by atoms with Crippen LogP contribution in [0.3, 0.4) is 0 Å². The van der Waals surface area contributed by atoms with Gasteiger partial charge in [0.1, 0.15) is 12.2 Å². The van der Waals surface area contributed by atoms with Gasteiger partial charge >= 0.3 is 0 Å². The minimum atomic E-state index is -1.83. The van der Waals surface area contributed by atoms with Crippen LogP contribution in [0.1, 0.15) is 6.23 Å². The van der Waals surface area contributed by atoms with Gasteiger partial charge in [0, 0.05) is 0 Å². The van der Waals surface area contributed by atoms with E-state index in [1.165, 1.54) is 10.9 Å². The fourth-order valence-corrected chi connectivity index (χ4v) is 2.29. The normalized spacial score (nSPS) is 32.9. The summed E-state index contributed by atoms with van der Waals surface area (Å²) in [6, 6.07) is 0. The van der Waals surface area contributed by atoms with Crippen molar-refractivity contribution in [1.29, 1.82) is 0 Å². The maximum Gasteiger partial charge on any atom is 0.280 e. The first-order chi connectivity index (χ1) is 9.87. The fourth-order valence-electron chi connectivity index (χ4n) is 2.29. The average Bonchev–Trinajstić information content (AvgIpc) is 2.95. The highest BCUT2D eigenvalue weighted by molar-refractivity contribution is 5.70. The Morgan fingerprint density at radius 2 is 2.24 bits per heavy atom. The number of aromatic nitrogens is 4. The van der Waals surface area contributed by atoms with Gasteiger partial charge < -0.3 is 25.8 Å². The lowest BCUT2D eigenvalue weighted by molar-refractivity contribution is -0.123. The molecule has 0 spiro atoms. The van der Waals surface area contributed by atoms with Crippen molar-refractivity contribution in [2.24, 2.45) is 5.73 Å². The summed E-state index contributed by atoms with van der Waals surface area (Å²) in [5.74, 6) is -0.136. The molecule has 3 rings (SSSR count). The van der Waals surface area contributed by atoms with E-state index < -0.39 is 36.3 Å². The second kappa shape index (κ2) is 4.47. The van der Waals surface area contributed by atoms with Gasteiger partial charge in [-0.2, -0.15) is 4.98 Å². The first-order valence-electron chi connectivity index (χ1n) is 6.03. The Balaban J connectivity index is 2.12. The van der Waals surface area contributed by atoms with Crippen LogP contribution in [0.25, 0.3) is 11.2 Å². The predicted octanol–water partition coefficient (Wildman–Crippen LogP) is -3.40. The fraction of sp³-hybridized carbons (Fsp3) is 0.500. The zero-order valence-electron chi connectivity index (χ0n) is 10.7. The van der Waals surface area contributed by atoms with Crippen LogP contribution in [-0.4, -0.2) is 59.4 Å². The van der Waals surface area contributed by atoms with Crippen LogP contribution in [0.2, 0.25) is 0 Å². The summed E-state index contributed by atoms with van der Waals surface area (Å²) < 4.78 is 6.53. The molecule has 1 fully saturated rings. The number of aliphatic hydroxyl groups excluding tert-OH is 3. The minimum Gasteiger partial charge on any atom is -0.392 e. The number of H-pyrrole nitrogens is 1. The highest BCUT2D eigenvalue weighted by Gasteiger charge is 2.52. The number of nitrogens with one attached hydrogen (secondary N) is 1. The molecule has 0 aromatic carbocycles. The van der Waals surface area contributed by atoms with Crippen molar-refractivity contribution in [3.8, 4) is 0 Å².